The van der Waals surface area contributed by atoms with E-state index < -0.39 is 0 Å². The second-order valence-electron chi connectivity index (χ2n) is 7.72. The van der Waals surface area contributed by atoms with E-state index in [2.05, 4.69) is 6.07 Å². The summed E-state index contributed by atoms with van der Waals surface area (Å²) in [6.07, 6.45) is 0. The van der Waals surface area contributed by atoms with Crippen molar-refractivity contribution in [3.63, 3.8) is 0 Å². The molecule has 0 atom stereocenters. The van der Waals surface area contributed by atoms with Crippen LogP contribution in [-0.2, 0) is 0 Å². The zero-order chi connectivity index (χ0) is 23.4. The van der Waals surface area contributed by atoms with Gasteiger partial charge in [0.2, 0.25) is 11.5 Å². The van der Waals surface area contributed by atoms with Crippen molar-refractivity contribution in [3.8, 4) is 17.2 Å². The van der Waals surface area contributed by atoms with Crippen molar-refractivity contribution >= 4 is 54.2 Å². The number of hydrogen-bond donors (Lipinski definition) is 0. The number of carbonyl (C=O) groups excluding carboxylic acids is 1. The Hall–Kier alpha value is -4.17. The number of nitrogens with zero attached hydrogens (tertiary/aromatic N) is 3. The number of hydrogen-bond acceptors (Lipinski definition) is 7. The SMILES string of the molecule is COc1cc(C(=O)c2nc3ccccc3c3nc4sc5ccccc5n4c23)cc(OC)c1OC. The Labute approximate surface area is 198 Å². The number of pyridine rings is 1. The van der Waals surface area contributed by atoms with Gasteiger partial charge in [0.05, 0.1) is 37.1 Å². The first-order valence-corrected chi connectivity index (χ1v) is 11.4. The summed E-state index contributed by atoms with van der Waals surface area (Å²) in [4.78, 5) is 24.6. The molecule has 0 amide bonds. The standard InChI is InChI=1S/C26H19N3O4S/c1-31-18-12-14(13-19(32-2)25(18)33-3)24(30)22-23-21(15-8-4-5-9-16(15)27-22)28-26-29(23)17-10-6-7-11-20(17)34-26/h4-13H,1-3H3. The van der Waals surface area contributed by atoms with Gasteiger partial charge in [0, 0.05) is 10.9 Å². The van der Waals surface area contributed by atoms with Gasteiger partial charge in [-0.2, -0.15) is 0 Å². The molecule has 0 aliphatic heterocycles. The van der Waals surface area contributed by atoms with Crippen molar-refractivity contribution in [1.82, 2.24) is 14.4 Å². The van der Waals surface area contributed by atoms with Crippen LogP contribution in [0.15, 0.2) is 60.7 Å². The van der Waals surface area contributed by atoms with Crippen LogP contribution in [0.4, 0.5) is 0 Å². The van der Waals surface area contributed by atoms with Crippen LogP contribution < -0.4 is 14.2 Å². The lowest BCUT2D eigenvalue weighted by molar-refractivity contribution is 0.103. The smallest absolute Gasteiger partial charge is 0.213 e. The third-order valence-corrected chi connectivity index (χ3v) is 6.93. The molecule has 3 aromatic carbocycles. The number of ketones is 1. The molecule has 7 nitrogen and oxygen atoms in total. The van der Waals surface area contributed by atoms with E-state index in [0.717, 1.165) is 26.1 Å². The van der Waals surface area contributed by atoms with Crippen LogP contribution in [0.3, 0.4) is 0 Å². The Morgan fingerprint density at radius 1 is 0.882 bits per heavy atom. The number of rotatable bonds is 5. The fraction of sp³-hybridized carbons (Fsp3) is 0.115. The minimum Gasteiger partial charge on any atom is -0.493 e. The third kappa shape index (κ3) is 2.85. The average Bonchev–Trinajstić information content (AvgIpc) is 3.43. The van der Waals surface area contributed by atoms with E-state index in [1.807, 2.05) is 46.9 Å². The van der Waals surface area contributed by atoms with Crippen molar-refractivity contribution in [3.05, 3.63) is 71.9 Å². The molecule has 0 aliphatic carbocycles. The molecular weight excluding hydrogens is 450 g/mol. The molecule has 0 unspecified atom stereocenters. The molecule has 3 heterocycles. The molecule has 0 aliphatic rings. The summed E-state index contributed by atoms with van der Waals surface area (Å²) in [5, 5.41) is 0.902. The summed E-state index contributed by atoms with van der Waals surface area (Å²) >= 11 is 1.59. The number of thiazole rings is 1. The van der Waals surface area contributed by atoms with Crippen LogP contribution in [-0.4, -0.2) is 41.5 Å². The fourth-order valence-electron chi connectivity index (χ4n) is 4.38. The molecule has 8 heteroatoms. The van der Waals surface area contributed by atoms with Crippen LogP contribution >= 0.6 is 11.3 Å². The highest BCUT2D eigenvalue weighted by molar-refractivity contribution is 7.23. The quantitative estimate of drug-likeness (QED) is 0.310. The summed E-state index contributed by atoms with van der Waals surface area (Å²) in [5.41, 5.74) is 3.83. The number of benzene rings is 3. The first-order chi connectivity index (χ1) is 16.6. The Bertz CT molecular complexity index is 1720. The maximum Gasteiger partial charge on any atom is 0.213 e. The molecular formula is C26H19N3O4S. The van der Waals surface area contributed by atoms with Crippen LogP contribution in [0.2, 0.25) is 0 Å². The molecule has 0 N–H and O–H groups in total. The zero-order valence-electron chi connectivity index (χ0n) is 18.7. The van der Waals surface area contributed by atoms with E-state index in [4.69, 9.17) is 24.2 Å². The lowest BCUT2D eigenvalue weighted by atomic mass is 10.0. The van der Waals surface area contributed by atoms with Crippen LogP contribution in [0.25, 0.3) is 37.1 Å². The maximum atomic E-state index is 14.0. The van der Waals surface area contributed by atoms with Crippen LogP contribution in [0.1, 0.15) is 16.1 Å². The number of fused-ring (bicyclic) bond motifs is 7. The second kappa shape index (κ2) is 7.71. The van der Waals surface area contributed by atoms with E-state index in [1.165, 1.54) is 21.3 Å². The Morgan fingerprint density at radius 2 is 1.59 bits per heavy atom. The maximum absolute atomic E-state index is 14.0. The average molecular weight is 470 g/mol. The van der Waals surface area contributed by atoms with E-state index in [-0.39, 0.29) is 5.78 Å². The molecule has 3 aromatic heterocycles. The van der Waals surface area contributed by atoms with Gasteiger partial charge in [-0.25, -0.2) is 9.97 Å². The van der Waals surface area contributed by atoms with Crippen LogP contribution in [0, 0.1) is 0 Å². The highest BCUT2D eigenvalue weighted by Gasteiger charge is 2.25. The molecule has 0 bridgehead atoms. The third-order valence-electron chi connectivity index (χ3n) is 5.91. The highest BCUT2D eigenvalue weighted by Crippen LogP contribution is 2.40. The van der Waals surface area contributed by atoms with Crippen molar-refractivity contribution in [1.29, 1.82) is 0 Å². The minimum atomic E-state index is -0.257. The fourth-order valence-corrected chi connectivity index (χ4v) is 5.40. The van der Waals surface area contributed by atoms with Crippen molar-refractivity contribution in [2.45, 2.75) is 0 Å². The van der Waals surface area contributed by atoms with Gasteiger partial charge in [-0.05, 0) is 30.3 Å². The monoisotopic (exact) mass is 469 g/mol. The van der Waals surface area contributed by atoms with E-state index in [0.29, 0.717) is 39.5 Å². The normalized spacial score (nSPS) is 11.5. The highest BCUT2D eigenvalue weighted by atomic mass is 32.1. The van der Waals surface area contributed by atoms with E-state index >= 15 is 0 Å². The predicted molar refractivity (Wildman–Crippen MR) is 133 cm³/mol. The van der Waals surface area contributed by atoms with Gasteiger partial charge in [-0.15, -0.1) is 0 Å². The number of carbonyl (C=O) groups is 1. The molecule has 0 fully saturated rings. The number of ether oxygens (including phenoxy) is 3. The topological polar surface area (TPSA) is 75.0 Å². The first-order valence-electron chi connectivity index (χ1n) is 10.6. The Morgan fingerprint density at radius 3 is 2.32 bits per heavy atom. The molecule has 0 saturated heterocycles. The summed E-state index contributed by atoms with van der Waals surface area (Å²) in [6, 6.07) is 19.1. The summed E-state index contributed by atoms with van der Waals surface area (Å²) < 4.78 is 19.5. The van der Waals surface area contributed by atoms with E-state index in [9.17, 15) is 4.79 Å². The predicted octanol–water partition coefficient (Wildman–Crippen LogP) is 5.51. The largest absolute Gasteiger partial charge is 0.493 e. The van der Waals surface area contributed by atoms with Gasteiger partial charge < -0.3 is 14.2 Å². The molecule has 0 saturated carbocycles. The van der Waals surface area contributed by atoms with Gasteiger partial charge in [0.25, 0.3) is 0 Å². The molecule has 168 valence electrons. The Kier molecular flexibility index (Phi) is 4.63. The minimum absolute atomic E-state index is 0.257. The molecule has 6 rings (SSSR count). The second-order valence-corrected chi connectivity index (χ2v) is 8.73. The lowest BCUT2D eigenvalue weighted by Crippen LogP contribution is -2.08. The van der Waals surface area contributed by atoms with Crippen LogP contribution in [0.5, 0.6) is 17.2 Å². The summed E-state index contributed by atoms with van der Waals surface area (Å²) in [5.74, 6) is 0.976. The Balaban J connectivity index is 1.71. The molecule has 0 radical (unpaired) electrons. The van der Waals surface area contributed by atoms with Crippen molar-refractivity contribution in [2.24, 2.45) is 0 Å². The first kappa shape index (κ1) is 20.4. The molecule has 34 heavy (non-hydrogen) atoms. The van der Waals surface area contributed by atoms with Crippen molar-refractivity contribution < 1.29 is 19.0 Å². The van der Waals surface area contributed by atoms with Gasteiger partial charge in [0.15, 0.2) is 16.5 Å². The van der Waals surface area contributed by atoms with Crippen molar-refractivity contribution in [2.75, 3.05) is 21.3 Å². The summed E-state index contributed by atoms with van der Waals surface area (Å²) in [6.45, 7) is 0. The lowest BCUT2D eigenvalue weighted by Gasteiger charge is -2.14. The number of imidazole rings is 1. The molecule has 0 spiro atoms. The number of para-hydroxylation sites is 2. The molecule has 6 aromatic rings. The van der Waals surface area contributed by atoms with Gasteiger partial charge in [0.1, 0.15) is 16.7 Å². The summed E-state index contributed by atoms with van der Waals surface area (Å²) in [7, 11) is 4.58. The number of methoxy groups -OCH3 is 3. The van der Waals surface area contributed by atoms with Gasteiger partial charge >= 0.3 is 0 Å². The van der Waals surface area contributed by atoms with E-state index in [1.54, 1.807) is 23.5 Å². The van der Waals surface area contributed by atoms with Gasteiger partial charge in [-0.3, -0.25) is 9.20 Å². The van der Waals surface area contributed by atoms with Gasteiger partial charge in [-0.1, -0.05) is 41.7 Å². The number of aromatic nitrogens is 3. The zero-order valence-corrected chi connectivity index (χ0v) is 19.5.